The summed E-state index contributed by atoms with van der Waals surface area (Å²) in [7, 11) is 0. The number of rotatable bonds is 5. The lowest BCUT2D eigenvalue weighted by atomic mass is 9.93. The van der Waals surface area contributed by atoms with Crippen molar-refractivity contribution in [1.29, 1.82) is 5.26 Å². The molecule has 2 heterocycles. The molecule has 24 heavy (non-hydrogen) atoms. The van der Waals surface area contributed by atoms with Crippen LogP contribution in [0, 0.1) is 17.2 Å². The van der Waals surface area contributed by atoms with Gasteiger partial charge in [-0.15, -0.1) is 0 Å². The highest BCUT2D eigenvalue weighted by Gasteiger charge is 2.33. The summed E-state index contributed by atoms with van der Waals surface area (Å²) in [6.45, 7) is 0.0881. The Kier molecular flexibility index (Phi) is 3.31. The van der Waals surface area contributed by atoms with Gasteiger partial charge in [-0.2, -0.15) is 10.4 Å². The first-order valence-electron chi connectivity index (χ1n) is 7.60. The van der Waals surface area contributed by atoms with Crippen molar-refractivity contribution in [1.82, 2.24) is 10.2 Å². The number of carbonyl (C=O) groups excluding carboxylic acids is 2. The number of aromatic amines is 1. The Morgan fingerprint density at radius 2 is 2.00 bits per heavy atom. The highest BCUT2D eigenvalue weighted by atomic mass is 16.7. The summed E-state index contributed by atoms with van der Waals surface area (Å²) >= 11 is 0. The molecule has 1 aliphatic carbocycles. The predicted octanol–water partition coefficient (Wildman–Crippen LogP) is 2.22. The Bertz CT molecular complexity index is 876. The molecule has 1 aromatic carbocycles. The zero-order chi connectivity index (χ0) is 16.7. The van der Waals surface area contributed by atoms with Gasteiger partial charge in [0.05, 0.1) is 6.07 Å². The third-order valence-electron chi connectivity index (χ3n) is 4.18. The molecule has 2 aromatic rings. The van der Waals surface area contributed by atoms with Crippen LogP contribution >= 0.6 is 0 Å². The van der Waals surface area contributed by atoms with Crippen LogP contribution in [0.4, 0.5) is 0 Å². The number of H-pyrrole nitrogens is 1. The molecule has 1 aromatic heterocycles. The average Bonchev–Trinajstić information content (AvgIpc) is 3.14. The Hall–Kier alpha value is -3.14. The van der Waals surface area contributed by atoms with Crippen molar-refractivity contribution in [3.05, 3.63) is 41.2 Å². The summed E-state index contributed by atoms with van der Waals surface area (Å²) in [5, 5.41) is 16.1. The molecule has 1 fully saturated rings. The van der Waals surface area contributed by atoms with E-state index in [1.165, 1.54) is 12.1 Å². The minimum absolute atomic E-state index is 0.0881. The van der Waals surface area contributed by atoms with Crippen LogP contribution in [0.2, 0.25) is 0 Å². The minimum atomic E-state index is -1.43. The summed E-state index contributed by atoms with van der Waals surface area (Å²) in [4.78, 5) is 25.1. The van der Waals surface area contributed by atoms with Crippen molar-refractivity contribution >= 4 is 11.6 Å². The summed E-state index contributed by atoms with van der Waals surface area (Å²) < 4.78 is 10.4. The maximum Gasteiger partial charge on any atom is 0.231 e. The molecule has 1 N–H and O–H groups in total. The van der Waals surface area contributed by atoms with Crippen LogP contribution in [-0.4, -0.2) is 28.6 Å². The van der Waals surface area contributed by atoms with Gasteiger partial charge in [0.25, 0.3) is 0 Å². The number of nitrogens with one attached hydrogen (secondary N) is 1. The van der Waals surface area contributed by atoms with Gasteiger partial charge in [0, 0.05) is 17.2 Å². The van der Waals surface area contributed by atoms with Gasteiger partial charge in [-0.25, -0.2) is 0 Å². The lowest BCUT2D eigenvalue weighted by molar-refractivity contribution is 0.0842. The highest BCUT2D eigenvalue weighted by molar-refractivity contribution is 6.17. The van der Waals surface area contributed by atoms with Crippen molar-refractivity contribution in [2.45, 2.75) is 18.8 Å². The van der Waals surface area contributed by atoms with Crippen molar-refractivity contribution in [3.63, 3.8) is 0 Å². The van der Waals surface area contributed by atoms with E-state index < -0.39 is 17.5 Å². The van der Waals surface area contributed by atoms with Crippen molar-refractivity contribution in [3.8, 4) is 17.6 Å². The van der Waals surface area contributed by atoms with Gasteiger partial charge in [0.1, 0.15) is 5.69 Å². The van der Waals surface area contributed by atoms with E-state index in [1.54, 1.807) is 18.2 Å². The number of nitrogens with zero attached hydrogens (tertiary/aromatic N) is 2. The molecule has 4 rings (SSSR count). The summed E-state index contributed by atoms with van der Waals surface area (Å²) in [5.41, 5.74) is 1.24. The van der Waals surface area contributed by atoms with Crippen LogP contribution in [0.1, 0.15) is 45.3 Å². The van der Waals surface area contributed by atoms with Crippen molar-refractivity contribution < 1.29 is 19.1 Å². The number of nitriles is 1. The summed E-state index contributed by atoms with van der Waals surface area (Å²) in [6.07, 6.45) is 2.13. The third kappa shape index (κ3) is 2.42. The number of ketones is 2. The first kappa shape index (κ1) is 14.5. The summed E-state index contributed by atoms with van der Waals surface area (Å²) in [6, 6.07) is 8.03. The van der Waals surface area contributed by atoms with Crippen molar-refractivity contribution in [2.24, 2.45) is 5.92 Å². The second-order valence-corrected chi connectivity index (χ2v) is 5.84. The molecule has 0 radical (unpaired) electrons. The van der Waals surface area contributed by atoms with E-state index in [0.29, 0.717) is 17.4 Å². The number of carbonyl (C=O) groups is 2. The van der Waals surface area contributed by atoms with E-state index in [4.69, 9.17) is 9.47 Å². The van der Waals surface area contributed by atoms with E-state index in [-0.39, 0.29) is 18.1 Å². The van der Waals surface area contributed by atoms with Gasteiger partial charge in [-0.1, -0.05) is 0 Å². The highest BCUT2D eigenvalue weighted by Crippen LogP contribution is 2.39. The quantitative estimate of drug-likeness (QED) is 0.668. The smallest absolute Gasteiger partial charge is 0.231 e. The van der Waals surface area contributed by atoms with E-state index >= 15 is 0 Å². The third-order valence-corrected chi connectivity index (χ3v) is 4.18. The van der Waals surface area contributed by atoms with Crippen LogP contribution in [0.15, 0.2) is 24.3 Å². The number of hydrogen-bond donors (Lipinski definition) is 1. The first-order chi connectivity index (χ1) is 11.7. The molecule has 0 unspecified atom stereocenters. The first-order valence-corrected chi connectivity index (χ1v) is 7.60. The average molecular weight is 323 g/mol. The van der Waals surface area contributed by atoms with Crippen LogP contribution in [0.25, 0.3) is 0 Å². The molecular formula is C17H13N3O4. The molecule has 1 saturated carbocycles. The predicted molar refractivity (Wildman–Crippen MR) is 80.9 cm³/mol. The Morgan fingerprint density at radius 1 is 1.21 bits per heavy atom. The zero-order valence-electron chi connectivity index (χ0n) is 12.6. The topological polar surface area (TPSA) is 105 Å². The van der Waals surface area contributed by atoms with Gasteiger partial charge in [-0.3, -0.25) is 14.7 Å². The molecule has 120 valence electrons. The number of ether oxygens (including phenoxy) is 2. The van der Waals surface area contributed by atoms with Gasteiger partial charge in [-0.05, 0) is 37.1 Å². The van der Waals surface area contributed by atoms with E-state index in [9.17, 15) is 14.9 Å². The van der Waals surface area contributed by atoms with E-state index in [1.807, 2.05) is 0 Å². The van der Waals surface area contributed by atoms with Gasteiger partial charge in [0.15, 0.2) is 23.2 Å². The molecule has 0 bridgehead atoms. The Balaban J connectivity index is 1.58. The monoisotopic (exact) mass is 323 g/mol. The Labute approximate surface area is 137 Å². The van der Waals surface area contributed by atoms with Gasteiger partial charge in [0.2, 0.25) is 12.6 Å². The maximum atomic E-state index is 12.6. The fourth-order valence-corrected chi connectivity index (χ4v) is 2.67. The fraction of sp³-hybridized carbons (Fsp3) is 0.294. The molecule has 2 aliphatic rings. The molecule has 1 atom stereocenters. The molecule has 0 spiro atoms. The molecular weight excluding hydrogens is 310 g/mol. The van der Waals surface area contributed by atoms with Gasteiger partial charge >= 0.3 is 0 Å². The largest absolute Gasteiger partial charge is 0.454 e. The molecule has 0 amide bonds. The minimum Gasteiger partial charge on any atom is -0.454 e. The second kappa shape index (κ2) is 5.49. The van der Waals surface area contributed by atoms with E-state index in [2.05, 4.69) is 10.2 Å². The lowest BCUT2D eigenvalue weighted by Gasteiger charge is -2.06. The number of benzene rings is 1. The zero-order valence-corrected chi connectivity index (χ0v) is 12.6. The molecule has 0 saturated heterocycles. The van der Waals surface area contributed by atoms with Crippen LogP contribution in [-0.2, 0) is 0 Å². The SMILES string of the molecule is N#C[C@@H](C(=O)c1ccc2c(c1)OCO2)C(=O)c1cc(C2CC2)[nH]n1. The van der Waals surface area contributed by atoms with Gasteiger partial charge < -0.3 is 9.47 Å². The maximum absolute atomic E-state index is 12.6. The van der Waals surface area contributed by atoms with Crippen LogP contribution in [0.5, 0.6) is 11.5 Å². The lowest BCUT2D eigenvalue weighted by Crippen LogP contribution is -2.23. The second-order valence-electron chi connectivity index (χ2n) is 5.84. The number of fused-ring (bicyclic) bond motifs is 1. The molecule has 7 heteroatoms. The van der Waals surface area contributed by atoms with E-state index in [0.717, 1.165) is 18.5 Å². The van der Waals surface area contributed by atoms with Crippen molar-refractivity contribution in [2.75, 3.05) is 6.79 Å². The fourth-order valence-electron chi connectivity index (χ4n) is 2.67. The number of Topliss-reactive ketones (excluding diaryl/α,β-unsaturated/α-hetero) is 2. The van der Waals surface area contributed by atoms with Crippen LogP contribution in [0.3, 0.4) is 0 Å². The normalized spacial score (nSPS) is 16.5. The van der Waals surface area contributed by atoms with Crippen LogP contribution < -0.4 is 9.47 Å². The molecule has 7 nitrogen and oxygen atoms in total. The number of hydrogen-bond acceptors (Lipinski definition) is 6. The summed E-state index contributed by atoms with van der Waals surface area (Å²) in [5.74, 6) is -1.22. The standard InChI is InChI=1S/C17H13N3O4/c18-7-11(17(22)13-6-12(19-20-13)9-1-2-9)16(21)10-3-4-14-15(5-10)24-8-23-14/h3-6,9,11H,1-2,8H2,(H,19,20)/t11-/m0/s1. The Morgan fingerprint density at radius 3 is 2.75 bits per heavy atom. The number of aromatic nitrogens is 2. The molecule has 1 aliphatic heterocycles.